The molecule has 1 heterocycles. The van der Waals surface area contributed by atoms with Gasteiger partial charge in [0.05, 0.1) is 0 Å². The zero-order chi connectivity index (χ0) is 16.1. The first-order valence-corrected chi connectivity index (χ1v) is 8.21. The van der Waals surface area contributed by atoms with Gasteiger partial charge in [0, 0.05) is 36.2 Å². The average Bonchev–Trinajstić information content (AvgIpc) is 3.17. The molecule has 0 spiro atoms. The van der Waals surface area contributed by atoms with Gasteiger partial charge in [-0.2, -0.15) is 0 Å². The highest BCUT2D eigenvalue weighted by Gasteiger charge is 2.11. The van der Waals surface area contributed by atoms with Crippen molar-refractivity contribution in [2.45, 2.75) is 32.2 Å². The Bertz CT molecular complexity index is 715. The van der Waals surface area contributed by atoms with Gasteiger partial charge in [-0.05, 0) is 49.9 Å². The van der Waals surface area contributed by atoms with Gasteiger partial charge in [0.1, 0.15) is 5.82 Å². The summed E-state index contributed by atoms with van der Waals surface area (Å²) < 4.78 is 13.4. The molecule has 0 atom stereocenters. The molecule has 0 aliphatic heterocycles. The lowest BCUT2D eigenvalue weighted by Crippen LogP contribution is -2.42. The Morgan fingerprint density at radius 2 is 2.12 bits per heavy atom. The van der Waals surface area contributed by atoms with Crippen molar-refractivity contribution in [1.29, 1.82) is 0 Å². The van der Waals surface area contributed by atoms with Crippen LogP contribution in [0.15, 0.2) is 41.5 Å². The quantitative estimate of drug-likeness (QED) is 0.286. The molecular weight excluding hydrogens is 418 g/mol. The van der Waals surface area contributed by atoms with Gasteiger partial charge in [0.15, 0.2) is 5.96 Å². The Morgan fingerprint density at radius 3 is 2.88 bits per heavy atom. The Hall–Kier alpha value is -1.57. The van der Waals surface area contributed by atoms with Crippen LogP contribution in [0, 0.1) is 5.82 Å². The summed E-state index contributed by atoms with van der Waals surface area (Å²) in [4.78, 5) is 7.82. The maximum atomic E-state index is 13.4. The van der Waals surface area contributed by atoms with E-state index in [2.05, 4.69) is 39.7 Å². The molecule has 6 heteroatoms. The molecule has 1 aliphatic carbocycles. The SMILES string of the molecule is CCNC(=NCCc1c[nH]c2ccc(F)cc12)NC1CC=CC1.I. The third kappa shape index (κ3) is 4.72. The van der Waals surface area contributed by atoms with Gasteiger partial charge in [-0.25, -0.2) is 4.39 Å². The van der Waals surface area contributed by atoms with Crippen molar-refractivity contribution in [1.82, 2.24) is 15.6 Å². The van der Waals surface area contributed by atoms with E-state index < -0.39 is 0 Å². The number of rotatable bonds is 5. The van der Waals surface area contributed by atoms with E-state index in [1.54, 1.807) is 12.1 Å². The molecule has 1 aromatic carbocycles. The molecular formula is C18H24FIN4. The van der Waals surface area contributed by atoms with Crippen molar-refractivity contribution in [2.75, 3.05) is 13.1 Å². The minimum absolute atomic E-state index is 0. The molecule has 0 fully saturated rings. The van der Waals surface area contributed by atoms with E-state index >= 15 is 0 Å². The minimum Gasteiger partial charge on any atom is -0.361 e. The van der Waals surface area contributed by atoms with Gasteiger partial charge in [-0.3, -0.25) is 4.99 Å². The van der Waals surface area contributed by atoms with E-state index in [-0.39, 0.29) is 29.8 Å². The van der Waals surface area contributed by atoms with E-state index in [0.717, 1.165) is 48.2 Å². The Kier molecular flexibility index (Phi) is 7.08. The highest BCUT2D eigenvalue weighted by atomic mass is 127. The molecule has 130 valence electrons. The molecule has 1 aliphatic rings. The van der Waals surface area contributed by atoms with Gasteiger partial charge in [-0.1, -0.05) is 12.2 Å². The lowest BCUT2D eigenvalue weighted by molar-refractivity contribution is 0.629. The molecule has 2 aromatic rings. The van der Waals surface area contributed by atoms with Crippen LogP contribution in [0.25, 0.3) is 10.9 Å². The smallest absolute Gasteiger partial charge is 0.191 e. The Morgan fingerprint density at radius 1 is 1.33 bits per heavy atom. The van der Waals surface area contributed by atoms with Crippen LogP contribution < -0.4 is 10.6 Å². The largest absolute Gasteiger partial charge is 0.361 e. The molecule has 0 unspecified atom stereocenters. The second-order valence-corrected chi connectivity index (χ2v) is 5.80. The van der Waals surface area contributed by atoms with E-state index in [4.69, 9.17) is 0 Å². The molecule has 0 bridgehead atoms. The van der Waals surface area contributed by atoms with E-state index in [0.29, 0.717) is 12.6 Å². The summed E-state index contributed by atoms with van der Waals surface area (Å²) in [6.45, 7) is 3.57. The van der Waals surface area contributed by atoms with Crippen LogP contribution in [-0.2, 0) is 6.42 Å². The summed E-state index contributed by atoms with van der Waals surface area (Å²) in [6, 6.07) is 5.27. The Balaban J connectivity index is 0.00000208. The lowest BCUT2D eigenvalue weighted by atomic mass is 10.1. The normalized spacial score (nSPS) is 14.8. The molecule has 3 N–H and O–H groups in total. The minimum atomic E-state index is -0.203. The monoisotopic (exact) mass is 442 g/mol. The predicted octanol–water partition coefficient (Wildman–Crippen LogP) is 3.74. The Labute approximate surface area is 159 Å². The number of aliphatic imine (C=N–C) groups is 1. The molecule has 3 rings (SSSR count). The third-order valence-corrected chi connectivity index (χ3v) is 4.07. The zero-order valence-electron chi connectivity index (χ0n) is 13.8. The van der Waals surface area contributed by atoms with Crippen LogP contribution in [0.3, 0.4) is 0 Å². The molecule has 1 aromatic heterocycles. The van der Waals surface area contributed by atoms with E-state index in [1.165, 1.54) is 6.07 Å². The van der Waals surface area contributed by atoms with Gasteiger partial charge >= 0.3 is 0 Å². The lowest BCUT2D eigenvalue weighted by Gasteiger charge is -2.16. The number of nitrogens with zero attached hydrogens (tertiary/aromatic N) is 1. The van der Waals surface area contributed by atoms with Crippen molar-refractivity contribution < 1.29 is 4.39 Å². The fourth-order valence-corrected chi connectivity index (χ4v) is 2.89. The van der Waals surface area contributed by atoms with Crippen molar-refractivity contribution >= 4 is 40.8 Å². The summed E-state index contributed by atoms with van der Waals surface area (Å²) in [5, 5.41) is 7.67. The van der Waals surface area contributed by atoms with Gasteiger partial charge < -0.3 is 15.6 Å². The van der Waals surface area contributed by atoms with Gasteiger partial charge in [0.25, 0.3) is 0 Å². The number of fused-ring (bicyclic) bond motifs is 1. The zero-order valence-corrected chi connectivity index (χ0v) is 16.1. The van der Waals surface area contributed by atoms with Crippen LogP contribution in [-0.4, -0.2) is 30.1 Å². The number of nitrogens with one attached hydrogen (secondary N) is 3. The number of aromatic amines is 1. The number of hydrogen-bond donors (Lipinski definition) is 3. The molecule has 0 radical (unpaired) electrons. The first kappa shape index (κ1) is 18.8. The molecule has 0 saturated carbocycles. The molecule has 4 nitrogen and oxygen atoms in total. The summed E-state index contributed by atoms with van der Waals surface area (Å²) in [6.07, 6.45) is 9.21. The van der Waals surface area contributed by atoms with Crippen LogP contribution in [0.2, 0.25) is 0 Å². The summed E-state index contributed by atoms with van der Waals surface area (Å²) in [5.41, 5.74) is 2.06. The molecule has 0 saturated heterocycles. The summed E-state index contributed by atoms with van der Waals surface area (Å²) in [7, 11) is 0. The number of H-pyrrole nitrogens is 1. The molecule has 24 heavy (non-hydrogen) atoms. The first-order chi connectivity index (χ1) is 11.3. The summed E-state index contributed by atoms with van der Waals surface area (Å²) >= 11 is 0. The second kappa shape index (κ2) is 9.05. The van der Waals surface area contributed by atoms with Crippen molar-refractivity contribution in [3.05, 3.63) is 47.9 Å². The fraction of sp³-hybridized carbons (Fsp3) is 0.389. The average molecular weight is 442 g/mol. The number of halogens is 2. The van der Waals surface area contributed by atoms with Crippen LogP contribution in [0.5, 0.6) is 0 Å². The summed E-state index contributed by atoms with van der Waals surface area (Å²) in [5.74, 6) is 0.651. The van der Waals surface area contributed by atoms with Crippen molar-refractivity contribution in [2.24, 2.45) is 4.99 Å². The number of guanidine groups is 1. The standard InChI is InChI=1S/C18H23FN4.HI/c1-2-20-18(23-15-5-3-4-6-15)21-10-9-13-12-22-17-8-7-14(19)11-16(13)17;/h3-4,7-8,11-12,15,22H,2,5-6,9-10H2,1H3,(H2,20,21,23);1H. The maximum absolute atomic E-state index is 13.4. The third-order valence-electron chi connectivity index (χ3n) is 4.07. The van der Waals surface area contributed by atoms with E-state index in [9.17, 15) is 4.39 Å². The highest BCUT2D eigenvalue weighted by Crippen LogP contribution is 2.19. The number of benzene rings is 1. The van der Waals surface area contributed by atoms with Crippen LogP contribution in [0.4, 0.5) is 4.39 Å². The van der Waals surface area contributed by atoms with Crippen LogP contribution >= 0.6 is 24.0 Å². The molecule has 0 amide bonds. The van der Waals surface area contributed by atoms with Crippen molar-refractivity contribution in [3.63, 3.8) is 0 Å². The second-order valence-electron chi connectivity index (χ2n) is 5.80. The highest BCUT2D eigenvalue weighted by molar-refractivity contribution is 14.0. The number of hydrogen-bond acceptors (Lipinski definition) is 1. The number of aromatic nitrogens is 1. The van der Waals surface area contributed by atoms with Gasteiger partial charge in [0.2, 0.25) is 0 Å². The van der Waals surface area contributed by atoms with Gasteiger partial charge in [-0.15, -0.1) is 24.0 Å². The first-order valence-electron chi connectivity index (χ1n) is 8.21. The van der Waals surface area contributed by atoms with Crippen molar-refractivity contribution in [3.8, 4) is 0 Å². The van der Waals surface area contributed by atoms with E-state index in [1.807, 2.05) is 6.20 Å². The fourth-order valence-electron chi connectivity index (χ4n) is 2.89. The van der Waals surface area contributed by atoms with Crippen LogP contribution in [0.1, 0.15) is 25.3 Å². The predicted molar refractivity (Wildman–Crippen MR) is 109 cm³/mol. The topological polar surface area (TPSA) is 52.2 Å². The maximum Gasteiger partial charge on any atom is 0.191 e.